The van der Waals surface area contributed by atoms with Crippen molar-refractivity contribution in [2.45, 2.75) is 19.1 Å². The molecule has 0 amide bonds. The van der Waals surface area contributed by atoms with Gasteiger partial charge in [-0.05, 0) is 12.1 Å². The van der Waals surface area contributed by atoms with E-state index in [4.69, 9.17) is 5.26 Å². The average molecular weight is 235 g/mol. The lowest BCUT2D eigenvalue weighted by Crippen LogP contribution is -2.17. The van der Waals surface area contributed by atoms with Crippen LogP contribution in [-0.4, -0.2) is 21.0 Å². The third kappa shape index (κ3) is 3.28. The van der Waals surface area contributed by atoms with E-state index >= 15 is 0 Å². The van der Waals surface area contributed by atoms with Crippen LogP contribution >= 0.6 is 0 Å². The second-order valence-corrected chi connectivity index (χ2v) is 5.68. The molecule has 0 heterocycles. The molecule has 0 radical (unpaired) electrons. The maximum absolute atomic E-state index is 11.7. The molecule has 1 aromatic rings. The lowest BCUT2D eigenvalue weighted by atomic mass is 10.1. The molecule has 0 aliphatic heterocycles. The van der Waals surface area contributed by atoms with Crippen LogP contribution in [-0.2, 0) is 10.8 Å². The molecule has 4 heteroatoms. The fraction of sp³-hybridized carbons (Fsp3) is 0.333. The molecule has 0 aromatic heterocycles. The van der Waals surface area contributed by atoms with Crippen molar-refractivity contribution in [1.82, 2.24) is 0 Å². The number of rotatable bonds is 4. The maximum Gasteiger partial charge on any atom is 0.175 e. The summed E-state index contributed by atoms with van der Waals surface area (Å²) in [4.78, 5) is 11.7. The summed E-state index contributed by atoms with van der Waals surface area (Å²) in [7, 11) is -1.12. The number of benzene rings is 1. The van der Waals surface area contributed by atoms with Crippen LogP contribution in [0.5, 0.6) is 0 Å². The molecule has 1 aromatic carbocycles. The number of carbonyl (C=O) groups excluding carboxylic acids is 1. The SMILES string of the molecule is CC(C)S(=O)CC(=O)c1ccc(C#N)cc1. The largest absolute Gasteiger partial charge is 0.293 e. The van der Waals surface area contributed by atoms with Gasteiger partial charge in [0.1, 0.15) is 0 Å². The molecule has 0 aliphatic carbocycles. The Kier molecular flexibility index (Phi) is 4.39. The highest BCUT2D eigenvalue weighted by molar-refractivity contribution is 7.86. The van der Waals surface area contributed by atoms with E-state index in [0.29, 0.717) is 11.1 Å². The lowest BCUT2D eigenvalue weighted by Gasteiger charge is -2.04. The van der Waals surface area contributed by atoms with Gasteiger partial charge in [-0.2, -0.15) is 5.26 Å². The van der Waals surface area contributed by atoms with E-state index < -0.39 is 10.8 Å². The van der Waals surface area contributed by atoms with Gasteiger partial charge in [0.25, 0.3) is 0 Å². The van der Waals surface area contributed by atoms with Crippen LogP contribution in [0, 0.1) is 11.3 Å². The molecule has 3 nitrogen and oxygen atoms in total. The average Bonchev–Trinajstić information content (AvgIpc) is 2.28. The molecule has 0 fully saturated rings. The van der Waals surface area contributed by atoms with Crippen molar-refractivity contribution in [1.29, 1.82) is 5.26 Å². The lowest BCUT2D eigenvalue weighted by molar-refractivity contribution is 0.102. The summed E-state index contributed by atoms with van der Waals surface area (Å²) >= 11 is 0. The first-order valence-electron chi connectivity index (χ1n) is 4.95. The number of nitrogens with zero attached hydrogens (tertiary/aromatic N) is 1. The zero-order valence-corrected chi connectivity index (χ0v) is 10.1. The first-order valence-corrected chi connectivity index (χ1v) is 6.33. The fourth-order valence-corrected chi connectivity index (χ4v) is 1.87. The summed E-state index contributed by atoms with van der Waals surface area (Å²) in [6, 6.07) is 8.35. The molecular weight excluding hydrogens is 222 g/mol. The maximum atomic E-state index is 11.7. The fourth-order valence-electron chi connectivity index (χ4n) is 1.11. The number of Topliss-reactive ketones (excluding diaryl/α,β-unsaturated/α-hetero) is 1. The van der Waals surface area contributed by atoms with Gasteiger partial charge in [-0.3, -0.25) is 9.00 Å². The van der Waals surface area contributed by atoms with Crippen molar-refractivity contribution in [3.63, 3.8) is 0 Å². The standard InChI is InChI=1S/C12H13NO2S/c1-9(2)16(15)8-12(14)11-5-3-10(7-13)4-6-11/h3-6,9H,8H2,1-2H3. The summed E-state index contributed by atoms with van der Waals surface area (Å²) in [6.07, 6.45) is 0. The highest BCUT2D eigenvalue weighted by Gasteiger charge is 2.12. The van der Waals surface area contributed by atoms with E-state index in [0.717, 1.165) is 0 Å². The third-order valence-electron chi connectivity index (χ3n) is 2.14. The summed E-state index contributed by atoms with van der Waals surface area (Å²) in [5.41, 5.74) is 1.02. The van der Waals surface area contributed by atoms with Crippen LogP contribution in [0.25, 0.3) is 0 Å². The van der Waals surface area contributed by atoms with Crippen LogP contribution in [0.1, 0.15) is 29.8 Å². The van der Waals surface area contributed by atoms with Gasteiger partial charge in [-0.25, -0.2) is 0 Å². The molecule has 16 heavy (non-hydrogen) atoms. The molecular formula is C12H13NO2S. The Labute approximate surface area is 97.5 Å². The molecule has 1 rings (SSSR count). The zero-order chi connectivity index (χ0) is 12.1. The Morgan fingerprint density at radius 2 is 1.94 bits per heavy atom. The smallest absolute Gasteiger partial charge is 0.175 e. The van der Waals surface area contributed by atoms with Gasteiger partial charge >= 0.3 is 0 Å². The quantitative estimate of drug-likeness (QED) is 0.749. The molecule has 84 valence electrons. The van der Waals surface area contributed by atoms with Crippen LogP contribution in [0.2, 0.25) is 0 Å². The van der Waals surface area contributed by atoms with Crippen molar-refractivity contribution in [3.8, 4) is 6.07 Å². The molecule has 0 spiro atoms. The van der Waals surface area contributed by atoms with Gasteiger partial charge in [0.2, 0.25) is 0 Å². The minimum atomic E-state index is -1.12. The predicted octanol–water partition coefficient (Wildman–Crippen LogP) is 1.90. The van der Waals surface area contributed by atoms with Crippen molar-refractivity contribution in [2.24, 2.45) is 0 Å². The molecule has 0 aliphatic rings. The Bertz CT molecular complexity index is 443. The Hall–Kier alpha value is -1.47. The topological polar surface area (TPSA) is 57.9 Å². The van der Waals surface area contributed by atoms with E-state index in [1.807, 2.05) is 19.9 Å². The molecule has 1 atom stereocenters. The van der Waals surface area contributed by atoms with Gasteiger partial charge in [0.05, 0.1) is 17.4 Å². The van der Waals surface area contributed by atoms with Crippen molar-refractivity contribution in [3.05, 3.63) is 35.4 Å². The normalized spacial score (nSPS) is 12.1. The molecule has 0 N–H and O–H groups in total. The minimum absolute atomic E-state index is 0.0117. The number of hydrogen-bond donors (Lipinski definition) is 0. The van der Waals surface area contributed by atoms with Crippen molar-refractivity contribution < 1.29 is 9.00 Å². The first kappa shape index (κ1) is 12.6. The summed E-state index contributed by atoms with van der Waals surface area (Å²) in [6.45, 7) is 3.64. The van der Waals surface area contributed by atoms with Gasteiger partial charge in [-0.1, -0.05) is 26.0 Å². The summed E-state index contributed by atoms with van der Waals surface area (Å²) in [5.74, 6) is -0.0969. The van der Waals surface area contributed by atoms with E-state index in [1.54, 1.807) is 24.3 Å². The zero-order valence-electron chi connectivity index (χ0n) is 9.27. The Balaban J connectivity index is 2.74. The van der Waals surface area contributed by atoms with Gasteiger partial charge < -0.3 is 0 Å². The van der Waals surface area contributed by atoms with Crippen LogP contribution < -0.4 is 0 Å². The number of ketones is 1. The Morgan fingerprint density at radius 3 is 2.38 bits per heavy atom. The minimum Gasteiger partial charge on any atom is -0.293 e. The van der Waals surface area contributed by atoms with E-state index in [2.05, 4.69) is 0 Å². The number of hydrogen-bond acceptors (Lipinski definition) is 3. The van der Waals surface area contributed by atoms with E-state index in [-0.39, 0.29) is 16.8 Å². The summed E-state index contributed by atoms with van der Waals surface area (Å²) in [5, 5.41) is 8.59. The first-order chi connectivity index (χ1) is 7.54. The highest BCUT2D eigenvalue weighted by atomic mass is 32.2. The monoisotopic (exact) mass is 235 g/mol. The van der Waals surface area contributed by atoms with E-state index in [1.165, 1.54) is 0 Å². The molecule has 0 saturated heterocycles. The predicted molar refractivity (Wildman–Crippen MR) is 63.6 cm³/mol. The third-order valence-corrected chi connectivity index (χ3v) is 3.73. The van der Waals surface area contributed by atoms with Gasteiger partial charge in [0.15, 0.2) is 5.78 Å². The van der Waals surface area contributed by atoms with Gasteiger partial charge in [0, 0.05) is 21.6 Å². The summed E-state index contributed by atoms with van der Waals surface area (Å²) < 4.78 is 11.5. The van der Waals surface area contributed by atoms with Crippen LogP contribution in [0.15, 0.2) is 24.3 Å². The number of carbonyl (C=O) groups is 1. The van der Waals surface area contributed by atoms with Crippen LogP contribution in [0.4, 0.5) is 0 Å². The Morgan fingerprint density at radius 1 is 1.38 bits per heavy atom. The molecule has 1 unspecified atom stereocenters. The van der Waals surface area contributed by atoms with E-state index in [9.17, 15) is 9.00 Å². The second kappa shape index (κ2) is 5.57. The highest BCUT2D eigenvalue weighted by Crippen LogP contribution is 2.06. The van der Waals surface area contributed by atoms with Crippen LogP contribution in [0.3, 0.4) is 0 Å². The second-order valence-electron chi connectivity index (χ2n) is 3.69. The van der Waals surface area contributed by atoms with Gasteiger partial charge in [-0.15, -0.1) is 0 Å². The van der Waals surface area contributed by atoms with Crippen molar-refractivity contribution in [2.75, 3.05) is 5.75 Å². The van der Waals surface area contributed by atoms with Crippen molar-refractivity contribution >= 4 is 16.6 Å². The molecule has 0 bridgehead atoms. The molecule has 0 saturated carbocycles. The number of nitriles is 1.